The molecule has 1 fully saturated rings. The number of nitrogens with one attached hydrogen (secondary N) is 1. The summed E-state index contributed by atoms with van der Waals surface area (Å²) < 4.78 is 59.7. The van der Waals surface area contributed by atoms with Gasteiger partial charge in [-0.15, -0.1) is 6.04 Å². The van der Waals surface area contributed by atoms with Gasteiger partial charge in [0, 0.05) is 0 Å². The number of alkyl halides is 3. The lowest BCUT2D eigenvalue weighted by atomic mass is 10.1. The van der Waals surface area contributed by atoms with Crippen LogP contribution in [0.2, 0.25) is 0 Å². The lowest BCUT2D eigenvalue weighted by molar-refractivity contribution is -0.0428. The molecular formula is C6H10F3N2O2S-. The van der Waals surface area contributed by atoms with Crippen LogP contribution in [0.1, 0.15) is 12.8 Å². The van der Waals surface area contributed by atoms with E-state index >= 15 is 0 Å². The van der Waals surface area contributed by atoms with Gasteiger partial charge in [-0.2, -0.15) is 13.2 Å². The first-order valence-corrected chi connectivity index (χ1v) is 5.51. The van der Waals surface area contributed by atoms with E-state index in [0.29, 0.717) is 25.9 Å². The van der Waals surface area contributed by atoms with Gasteiger partial charge < -0.3 is 10.0 Å². The van der Waals surface area contributed by atoms with E-state index in [-0.39, 0.29) is 0 Å². The Balaban J connectivity index is 2.58. The van der Waals surface area contributed by atoms with Gasteiger partial charge in [-0.25, -0.2) is 8.42 Å². The summed E-state index contributed by atoms with van der Waals surface area (Å²) in [5.74, 6) is 0. The molecule has 1 N–H and O–H groups in total. The predicted octanol–water partition coefficient (Wildman–Crippen LogP) is 0.962. The van der Waals surface area contributed by atoms with Crippen molar-refractivity contribution in [1.29, 1.82) is 0 Å². The van der Waals surface area contributed by atoms with Crippen LogP contribution in [0.4, 0.5) is 13.2 Å². The first kappa shape index (κ1) is 11.7. The number of nitrogens with zero attached hydrogens (tertiary/aromatic N) is 1. The van der Waals surface area contributed by atoms with Crippen LogP contribution in [-0.2, 0) is 10.0 Å². The third kappa shape index (κ3) is 2.82. The van der Waals surface area contributed by atoms with Crippen LogP contribution in [0.25, 0.3) is 4.72 Å². The van der Waals surface area contributed by atoms with Crippen molar-refractivity contribution in [2.24, 2.45) is 0 Å². The van der Waals surface area contributed by atoms with Crippen LogP contribution in [0, 0.1) is 0 Å². The number of hydrogen-bond donors (Lipinski definition) is 1. The molecule has 0 aromatic rings. The summed E-state index contributed by atoms with van der Waals surface area (Å²) in [7, 11) is -5.30. The van der Waals surface area contributed by atoms with Crippen molar-refractivity contribution in [3.8, 4) is 0 Å². The molecule has 1 aliphatic heterocycles. The van der Waals surface area contributed by atoms with Gasteiger partial charge in [-0.1, -0.05) is 12.8 Å². The van der Waals surface area contributed by atoms with E-state index in [1.54, 1.807) is 0 Å². The highest BCUT2D eigenvalue weighted by Gasteiger charge is 2.39. The third-order valence-electron chi connectivity index (χ3n) is 1.89. The Morgan fingerprint density at radius 2 is 1.71 bits per heavy atom. The highest BCUT2D eigenvalue weighted by Crippen LogP contribution is 2.31. The van der Waals surface area contributed by atoms with E-state index in [0.717, 1.165) is 0 Å². The molecule has 0 spiro atoms. The van der Waals surface area contributed by atoms with Gasteiger partial charge >= 0.3 is 5.51 Å². The van der Waals surface area contributed by atoms with E-state index in [1.807, 2.05) is 0 Å². The Labute approximate surface area is 79.9 Å². The molecule has 0 aliphatic carbocycles. The quantitative estimate of drug-likeness (QED) is 0.770. The lowest BCUT2D eigenvalue weighted by Gasteiger charge is -2.35. The molecule has 0 unspecified atom stereocenters. The van der Waals surface area contributed by atoms with E-state index in [9.17, 15) is 21.6 Å². The maximum absolute atomic E-state index is 11.9. The van der Waals surface area contributed by atoms with E-state index in [2.05, 4.69) is 10.0 Å². The van der Waals surface area contributed by atoms with Gasteiger partial charge in [0.1, 0.15) is 0 Å². The summed E-state index contributed by atoms with van der Waals surface area (Å²) in [6.45, 7) is 1.00. The fraction of sp³-hybridized carbons (Fsp3) is 1.00. The van der Waals surface area contributed by atoms with Crippen LogP contribution < -0.4 is 5.32 Å². The van der Waals surface area contributed by atoms with Crippen molar-refractivity contribution in [1.82, 2.24) is 5.32 Å². The monoisotopic (exact) mass is 231 g/mol. The molecule has 0 saturated carbocycles. The highest BCUT2D eigenvalue weighted by atomic mass is 32.2. The van der Waals surface area contributed by atoms with Crippen molar-refractivity contribution in [2.75, 3.05) is 13.1 Å². The standard InChI is InChI=1S/C6H10F3N2O2S/c7-6(8,9)14(12,13)11-5-1-3-10-4-2-5/h5,10H,1-4H2/q-1. The second-order valence-corrected chi connectivity index (χ2v) is 4.63. The molecule has 0 atom stereocenters. The molecule has 1 rings (SSSR count). The molecule has 0 bridgehead atoms. The van der Waals surface area contributed by atoms with Gasteiger partial charge in [-0.05, 0) is 13.1 Å². The fourth-order valence-electron chi connectivity index (χ4n) is 1.17. The van der Waals surface area contributed by atoms with Crippen molar-refractivity contribution >= 4 is 10.0 Å². The Morgan fingerprint density at radius 3 is 2.14 bits per heavy atom. The number of sulfonamides is 1. The largest absolute Gasteiger partial charge is 0.538 e. The Bertz CT molecular complexity index is 282. The third-order valence-corrected chi connectivity index (χ3v) is 3.05. The second kappa shape index (κ2) is 4.03. The minimum atomic E-state index is -5.30. The number of rotatable bonds is 2. The SMILES string of the molecule is O=S(=O)([N-]C1CCNCC1)C(F)(F)F. The van der Waals surface area contributed by atoms with Gasteiger partial charge in [0.2, 0.25) is 0 Å². The second-order valence-electron chi connectivity index (χ2n) is 3.01. The molecule has 0 radical (unpaired) electrons. The number of hydrogen-bond acceptors (Lipinski definition) is 3. The van der Waals surface area contributed by atoms with E-state index in [4.69, 9.17) is 0 Å². The summed E-state index contributed by atoms with van der Waals surface area (Å²) >= 11 is 0. The van der Waals surface area contributed by atoms with Crippen molar-refractivity contribution < 1.29 is 21.6 Å². The molecular weight excluding hydrogens is 221 g/mol. The topological polar surface area (TPSA) is 60.3 Å². The molecule has 84 valence electrons. The summed E-state index contributed by atoms with van der Waals surface area (Å²) in [5.41, 5.74) is -5.27. The molecule has 14 heavy (non-hydrogen) atoms. The molecule has 8 heteroatoms. The molecule has 1 heterocycles. The van der Waals surface area contributed by atoms with Crippen molar-refractivity contribution in [2.45, 2.75) is 24.4 Å². The molecule has 0 amide bonds. The van der Waals surface area contributed by atoms with E-state index < -0.39 is 21.6 Å². The smallest absolute Gasteiger partial charge is 0.480 e. The Kier molecular flexibility index (Phi) is 3.38. The summed E-state index contributed by atoms with van der Waals surface area (Å²) in [4.78, 5) is 0. The molecule has 4 nitrogen and oxygen atoms in total. The average molecular weight is 231 g/mol. The van der Waals surface area contributed by atoms with E-state index in [1.165, 1.54) is 0 Å². The fourth-order valence-corrected chi connectivity index (χ4v) is 1.89. The minimum Gasteiger partial charge on any atom is -0.538 e. The van der Waals surface area contributed by atoms with Gasteiger partial charge in [0.25, 0.3) is 0 Å². The molecule has 1 saturated heterocycles. The predicted molar refractivity (Wildman–Crippen MR) is 44.2 cm³/mol. The summed E-state index contributed by atoms with van der Waals surface area (Å²) in [6.07, 6.45) is 0.657. The lowest BCUT2D eigenvalue weighted by Crippen LogP contribution is -2.33. The zero-order valence-electron chi connectivity index (χ0n) is 7.21. The van der Waals surface area contributed by atoms with Gasteiger partial charge in [0.05, 0.1) is 0 Å². The van der Waals surface area contributed by atoms with Crippen molar-refractivity contribution in [3.63, 3.8) is 0 Å². The normalized spacial score (nSPS) is 21.1. The van der Waals surface area contributed by atoms with Crippen LogP contribution >= 0.6 is 0 Å². The highest BCUT2D eigenvalue weighted by molar-refractivity contribution is 7.94. The van der Waals surface area contributed by atoms with Crippen LogP contribution in [0.15, 0.2) is 0 Å². The van der Waals surface area contributed by atoms with Crippen LogP contribution in [0.3, 0.4) is 0 Å². The Hall–Kier alpha value is -0.340. The maximum Gasteiger partial charge on any atom is 0.480 e. The van der Waals surface area contributed by atoms with Crippen LogP contribution in [-0.4, -0.2) is 33.1 Å². The first-order chi connectivity index (χ1) is 6.33. The first-order valence-electron chi connectivity index (χ1n) is 4.07. The zero-order chi connectivity index (χ0) is 10.8. The molecule has 0 aromatic heterocycles. The van der Waals surface area contributed by atoms with Crippen LogP contribution in [0.5, 0.6) is 0 Å². The summed E-state index contributed by atoms with van der Waals surface area (Å²) in [5, 5.41) is 2.90. The number of halogens is 3. The van der Waals surface area contributed by atoms with Crippen molar-refractivity contribution in [3.05, 3.63) is 4.72 Å². The summed E-state index contributed by atoms with van der Waals surface area (Å²) in [6, 6.07) is -0.733. The average Bonchev–Trinajstić information content (AvgIpc) is 2.03. The minimum absolute atomic E-state index is 0.329. The molecule has 1 aliphatic rings. The molecule has 0 aromatic carbocycles. The van der Waals surface area contributed by atoms with Gasteiger partial charge in [0.15, 0.2) is 10.0 Å². The van der Waals surface area contributed by atoms with Gasteiger partial charge in [-0.3, -0.25) is 0 Å². The zero-order valence-corrected chi connectivity index (χ0v) is 8.03. The number of piperidine rings is 1. The Morgan fingerprint density at radius 1 is 1.21 bits per heavy atom. The maximum atomic E-state index is 11.9.